The van der Waals surface area contributed by atoms with Crippen molar-refractivity contribution < 1.29 is 14.3 Å². The summed E-state index contributed by atoms with van der Waals surface area (Å²) in [5.74, 6) is 1.67. The molecule has 6 rings (SSSR count). The van der Waals surface area contributed by atoms with Crippen LogP contribution in [0.25, 0.3) is 0 Å². The average Bonchev–Trinajstić information content (AvgIpc) is 3.24. The Kier molecular flexibility index (Phi) is 4.94. The fourth-order valence-electron chi connectivity index (χ4n) is 6.27. The predicted octanol–water partition coefficient (Wildman–Crippen LogP) is 4.71. The fraction of sp³-hybridized carbons (Fsp3) is 0.500. The Hall–Kier alpha value is -2.14. The van der Waals surface area contributed by atoms with Gasteiger partial charge in [0.1, 0.15) is 0 Å². The van der Waals surface area contributed by atoms with Gasteiger partial charge < -0.3 is 10.1 Å². The first-order chi connectivity index (χ1) is 14.1. The minimum absolute atomic E-state index is 0.140. The van der Waals surface area contributed by atoms with Gasteiger partial charge in [0.15, 0.2) is 6.61 Å². The molecule has 1 aromatic heterocycles. The second-order valence-corrected chi connectivity index (χ2v) is 10.2. The second-order valence-electron chi connectivity index (χ2n) is 9.20. The molecule has 4 bridgehead atoms. The molecule has 152 valence electrons. The highest BCUT2D eigenvalue weighted by atomic mass is 32.1. The van der Waals surface area contributed by atoms with Gasteiger partial charge in [0.25, 0.3) is 5.91 Å². The van der Waals surface area contributed by atoms with Crippen LogP contribution in [0.1, 0.15) is 55.0 Å². The van der Waals surface area contributed by atoms with E-state index in [-0.39, 0.29) is 29.9 Å². The second kappa shape index (κ2) is 7.60. The normalized spacial score (nSPS) is 30.7. The molecule has 4 aliphatic rings. The number of ether oxygens (including phenoxy) is 1. The van der Waals surface area contributed by atoms with Gasteiger partial charge >= 0.3 is 5.97 Å². The molecule has 0 saturated heterocycles. The summed E-state index contributed by atoms with van der Waals surface area (Å²) in [5, 5.41) is 5.06. The monoisotopic (exact) mass is 409 g/mol. The molecule has 1 N–H and O–H groups in total. The number of hydrogen-bond donors (Lipinski definition) is 1. The third-order valence-electron chi connectivity index (χ3n) is 7.07. The number of benzene rings is 1. The molecule has 0 aliphatic heterocycles. The van der Waals surface area contributed by atoms with E-state index in [0.717, 1.165) is 29.7 Å². The molecule has 1 amide bonds. The van der Waals surface area contributed by atoms with Crippen molar-refractivity contribution in [2.75, 3.05) is 6.61 Å². The Bertz CT molecular complexity index is 842. The van der Waals surface area contributed by atoms with Crippen molar-refractivity contribution in [2.45, 2.75) is 44.6 Å². The first-order valence-electron chi connectivity index (χ1n) is 10.7. The lowest BCUT2D eigenvalue weighted by Crippen LogP contribution is -2.51. The molecule has 1 heterocycles. The Morgan fingerprint density at radius 3 is 2.24 bits per heavy atom. The molecule has 29 heavy (non-hydrogen) atoms. The third-order valence-corrected chi connectivity index (χ3v) is 8.01. The van der Waals surface area contributed by atoms with E-state index in [0.29, 0.717) is 17.8 Å². The van der Waals surface area contributed by atoms with Crippen molar-refractivity contribution in [1.82, 2.24) is 5.32 Å². The summed E-state index contributed by atoms with van der Waals surface area (Å²) in [7, 11) is 0. The number of carbonyl (C=O) groups is 2. The van der Waals surface area contributed by atoms with Gasteiger partial charge in [-0.15, -0.1) is 11.3 Å². The van der Waals surface area contributed by atoms with Crippen LogP contribution in [-0.2, 0) is 14.3 Å². The van der Waals surface area contributed by atoms with Crippen LogP contribution in [0.3, 0.4) is 0 Å². The van der Waals surface area contributed by atoms with Crippen molar-refractivity contribution in [3.8, 4) is 0 Å². The number of carbonyl (C=O) groups excluding carboxylic acids is 2. The van der Waals surface area contributed by atoms with E-state index in [1.807, 2.05) is 47.8 Å². The maximum atomic E-state index is 13.0. The lowest BCUT2D eigenvalue weighted by Gasteiger charge is -2.55. The van der Waals surface area contributed by atoms with E-state index in [4.69, 9.17) is 4.74 Å². The molecular weight excluding hydrogens is 382 g/mol. The highest BCUT2D eigenvalue weighted by molar-refractivity contribution is 7.10. The zero-order chi connectivity index (χ0) is 19.8. The van der Waals surface area contributed by atoms with Gasteiger partial charge in [0.2, 0.25) is 0 Å². The number of amides is 1. The minimum atomic E-state index is -0.318. The van der Waals surface area contributed by atoms with Crippen molar-refractivity contribution in [3.05, 3.63) is 58.3 Å². The van der Waals surface area contributed by atoms with Gasteiger partial charge in [-0.1, -0.05) is 36.4 Å². The summed E-state index contributed by atoms with van der Waals surface area (Å²) >= 11 is 1.61. The lowest BCUT2D eigenvalue weighted by molar-refractivity contribution is -0.173. The van der Waals surface area contributed by atoms with Crippen LogP contribution in [0.5, 0.6) is 0 Å². The quantitative estimate of drug-likeness (QED) is 0.703. The van der Waals surface area contributed by atoms with Crippen molar-refractivity contribution in [1.29, 1.82) is 0 Å². The van der Waals surface area contributed by atoms with Crippen LogP contribution >= 0.6 is 11.3 Å². The Balaban J connectivity index is 1.23. The van der Waals surface area contributed by atoms with Crippen molar-refractivity contribution >= 4 is 23.2 Å². The maximum absolute atomic E-state index is 13.0. The molecule has 1 atom stereocenters. The summed E-state index contributed by atoms with van der Waals surface area (Å²) in [6.07, 6.45) is 6.73. The standard InChI is InChI=1S/C24H27NO3S/c26-21(25-22(20-7-4-8-29-20)19-5-2-1-3-6-19)15-28-23(27)24-12-16-9-17(13-24)11-18(10-16)14-24/h1-8,16-18,22H,9-15H2,(H,25,26)/t16?,17?,18?,22-,24?/m0/s1. The topological polar surface area (TPSA) is 55.4 Å². The van der Waals surface area contributed by atoms with E-state index in [1.54, 1.807) is 11.3 Å². The number of rotatable bonds is 6. The van der Waals surface area contributed by atoms with Crippen LogP contribution in [0.2, 0.25) is 0 Å². The Labute approximate surface area is 175 Å². The maximum Gasteiger partial charge on any atom is 0.312 e. The van der Waals surface area contributed by atoms with Gasteiger partial charge in [-0.05, 0) is 73.3 Å². The van der Waals surface area contributed by atoms with Crippen molar-refractivity contribution in [2.24, 2.45) is 23.2 Å². The zero-order valence-corrected chi connectivity index (χ0v) is 17.3. The Morgan fingerprint density at radius 1 is 1.00 bits per heavy atom. The molecule has 0 radical (unpaired) electrons. The SMILES string of the molecule is O=C(COC(=O)C12CC3CC(CC(C3)C1)C2)N[C@@H](c1ccccc1)c1cccs1. The van der Waals surface area contributed by atoms with Crippen molar-refractivity contribution in [3.63, 3.8) is 0 Å². The highest BCUT2D eigenvalue weighted by Gasteiger charge is 2.55. The first-order valence-corrected chi connectivity index (χ1v) is 11.5. The van der Waals surface area contributed by atoms with Crippen LogP contribution in [0.15, 0.2) is 47.8 Å². The summed E-state index contributed by atoms with van der Waals surface area (Å²) < 4.78 is 5.60. The molecule has 4 aliphatic carbocycles. The largest absolute Gasteiger partial charge is 0.455 e. The van der Waals surface area contributed by atoms with Gasteiger partial charge in [-0.2, -0.15) is 0 Å². The van der Waals surface area contributed by atoms with Gasteiger partial charge in [0, 0.05) is 4.88 Å². The molecule has 4 nitrogen and oxygen atoms in total. The van der Waals surface area contributed by atoms with E-state index >= 15 is 0 Å². The van der Waals surface area contributed by atoms with Gasteiger partial charge in [0.05, 0.1) is 11.5 Å². The average molecular weight is 410 g/mol. The van der Waals surface area contributed by atoms with E-state index < -0.39 is 0 Å². The highest BCUT2D eigenvalue weighted by Crippen LogP contribution is 2.60. The molecule has 4 fully saturated rings. The number of nitrogens with one attached hydrogen (secondary N) is 1. The minimum Gasteiger partial charge on any atom is -0.455 e. The molecule has 1 aromatic carbocycles. The van der Waals surface area contributed by atoms with Gasteiger partial charge in [-0.25, -0.2) is 0 Å². The third kappa shape index (κ3) is 3.73. The summed E-state index contributed by atoms with van der Waals surface area (Å²) in [5.41, 5.74) is 0.706. The summed E-state index contributed by atoms with van der Waals surface area (Å²) in [6, 6.07) is 13.7. The fourth-order valence-corrected chi connectivity index (χ4v) is 7.07. The molecule has 0 spiro atoms. The Morgan fingerprint density at radius 2 is 1.66 bits per heavy atom. The predicted molar refractivity (Wildman–Crippen MR) is 112 cm³/mol. The molecule has 4 saturated carbocycles. The summed E-state index contributed by atoms with van der Waals surface area (Å²) in [4.78, 5) is 26.7. The number of hydrogen-bond acceptors (Lipinski definition) is 4. The van der Waals surface area contributed by atoms with Gasteiger partial charge in [-0.3, -0.25) is 9.59 Å². The molecule has 0 unspecified atom stereocenters. The molecule has 5 heteroatoms. The lowest BCUT2D eigenvalue weighted by atomic mass is 9.49. The van der Waals surface area contributed by atoms with E-state index in [2.05, 4.69) is 5.32 Å². The molecular formula is C24H27NO3S. The van der Waals surface area contributed by atoms with Crippen LogP contribution in [0, 0.1) is 23.2 Å². The van der Waals surface area contributed by atoms with Crippen LogP contribution in [-0.4, -0.2) is 18.5 Å². The first kappa shape index (κ1) is 18.9. The zero-order valence-electron chi connectivity index (χ0n) is 16.5. The number of thiophene rings is 1. The van der Waals surface area contributed by atoms with E-state index in [1.165, 1.54) is 19.3 Å². The summed E-state index contributed by atoms with van der Waals surface area (Å²) in [6.45, 7) is -0.199. The number of esters is 1. The smallest absolute Gasteiger partial charge is 0.312 e. The van der Waals surface area contributed by atoms with E-state index in [9.17, 15) is 9.59 Å². The van der Waals surface area contributed by atoms with Crippen LogP contribution < -0.4 is 5.32 Å². The van der Waals surface area contributed by atoms with Crippen LogP contribution in [0.4, 0.5) is 0 Å². The molecule has 2 aromatic rings.